The Labute approximate surface area is 144 Å². The minimum Gasteiger partial charge on any atom is -0.493 e. The standard InChI is InChI=1S/C17H19BrClNO2/c1-11(2)22-17-9-15(18)12(8-16(17)21-3)10-20-14-6-4-13(19)5-7-14/h4-9,11,20H,10H2,1-3H3. The minimum absolute atomic E-state index is 0.0962. The Morgan fingerprint density at radius 1 is 1.14 bits per heavy atom. The highest BCUT2D eigenvalue weighted by atomic mass is 79.9. The van der Waals surface area contributed by atoms with E-state index in [2.05, 4.69) is 21.2 Å². The molecular formula is C17H19BrClNO2. The molecule has 0 saturated carbocycles. The fourth-order valence-electron chi connectivity index (χ4n) is 1.98. The first-order valence-corrected chi connectivity index (χ1v) is 8.19. The van der Waals surface area contributed by atoms with Crippen molar-refractivity contribution in [2.75, 3.05) is 12.4 Å². The van der Waals surface area contributed by atoms with Gasteiger partial charge in [-0.05, 0) is 55.8 Å². The van der Waals surface area contributed by atoms with Gasteiger partial charge in [0, 0.05) is 21.7 Å². The first-order chi connectivity index (χ1) is 10.5. The summed E-state index contributed by atoms with van der Waals surface area (Å²) in [6, 6.07) is 11.5. The Morgan fingerprint density at radius 3 is 2.41 bits per heavy atom. The summed E-state index contributed by atoms with van der Waals surface area (Å²) < 4.78 is 12.2. The van der Waals surface area contributed by atoms with E-state index in [1.54, 1.807) is 7.11 Å². The molecule has 0 atom stereocenters. The number of benzene rings is 2. The van der Waals surface area contributed by atoms with Crippen molar-refractivity contribution >= 4 is 33.2 Å². The highest BCUT2D eigenvalue weighted by Crippen LogP contribution is 2.34. The molecule has 22 heavy (non-hydrogen) atoms. The third-order valence-electron chi connectivity index (χ3n) is 3.02. The number of rotatable bonds is 6. The van der Waals surface area contributed by atoms with E-state index in [1.807, 2.05) is 50.2 Å². The lowest BCUT2D eigenvalue weighted by Crippen LogP contribution is -2.08. The van der Waals surface area contributed by atoms with Gasteiger partial charge in [0.15, 0.2) is 11.5 Å². The molecule has 0 radical (unpaired) electrons. The second-order valence-corrected chi connectivity index (χ2v) is 6.41. The minimum atomic E-state index is 0.0962. The maximum absolute atomic E-state index is 5.89. The summed E-state index contributed by atoms with van der Waals surface area (Å²) in [5, 5.41) is 4.08. The number of halogens is 2. The van der Waals surface area contributed by atoms with E-state index in [1.165, 1.54) is 0 Å². The second kappa shape index (κ2) is 7.75. The molecule has 0 heterocycles. The summed E-state index contributed by atoms with van der Waals surface area (Å²) in [7, 11) is 1.65. The van der Waals surface area contributed by atoms with Gasteiger partial charge in [-0.15, -0.1) is 0 Å². The predicted molar refractivity (Wildman–Crippen MR) is 95.2 cm³/mol. The molecule has 2 rings (SSSR count). The van der Waals surface area contributed by atoms with Crippen molar-refractivity contribution in [1.82, 2.24) is 0 Å². The Kier molecular flexibility index (Phi) is 5.98. The normalized spacial score (nSPS) is 10.6. The average Bonchev–Trinajstić information content (AvgIpc) is 2.47. The summed E-state index contributed by atoms with van der Waals surface area (Å²) >= 11 is 9.48. The smallest absolute Gasteiger partial charge is 0.162 e. The first kappa shape index (κ1) is 17.0. The van der Waals surface area contributed by atoms with Crippen molar-refractivity contribution in [2.45, 2.75) is 26.5 Å². The van der Waals surface area contributed by atoms with E-state index in [0.29, 0.717) is 6.54 Å². The lowest BCUT2D eigenvalue weighted by atomic mass is 10.2. The quantitative estimate of drug-likeness (QED) is 0.712. The van der Waals surface area contributed by atoms with E-state index in [0.717, 1.165) is 32.2 Å². The van der Waals surface area contributed by atoms with Crippen molar-refractivity contribution < 1.29 is 9.47 Å². The van der Waals surface area contributed by atoms with Gasteiger partial charge in [-0.2, -0.15) is 0 Å². The Bertz CT molecular complexity index is 629. The van der Waals surface area contributed by atoms with E-state index >= 15 is 0 Å². The molecule has 0 bridgehead atoms. The summed E-state index contributed by atoms with van der Waals surface area (Å²) in [5.74, 6) is 1.46. The van der Waals surface area contributed by atoms with Crippen molar-refractivity contribution in [2.24, 2.45) is 0 Å². The summed E-state index contributed by atoms with van der Waals surface area (Å²) in [6.45, 7) is 4.65. The molecule has 2 aromatic carbocycles. The average molecular weight is 385 g/mol. The van der Waals surface area contributed by atoms with Crippen LogP contribution in [0.3, 0.4) is 0 Å². The zero-order chi connectivity index (χ0) is 16.1. The summed E-state index contributed by atoms with van der Waals surface area (Å²) in [5.41, 5.74) is 2.10. The molecule has 1 N–H and O–H groups in total. The van der Waals surface area contributed by atoms with Crippen LogP contribution in [0.25, 0.3) is 0 Å². The van der Waals surface area contributed by atoms with Crippen LogP contribution in [0.2, 0.25) is 5.02 Å². The Balaban J connectivity index is 2.15. The Hall–Kier alpha value is -1.39. The number of hydrogen-bond acceptors (Lipinski definition) is 3. The highest BCUT2D eigenvalue weighted by Gasteiger charge is 2.11. The Morgan fingerprint density at radius 2 is 1.82 bits per heavy atom. The third-order valence-corrected chi connectivity index (χ3v) is 4.01. The van der Waals surface area contributed by atoms with Crippen LogP contribution in [-0.4, -0.2) is 13.2 Å². The monoisotopic (exact) mass is 383 g/mol. The number of methoxy groups -OCH3 is 1. The molecule has 0 spiro atoms. The van der Waals surface area contributed by atoms with Gasteiger partial charge in [0.05, 0.1) is 13.2 Å². The number of anilines is 1. The van der Waals surface area contributed by atoms with Crippen LogP contribution < -0.4 is 14.8 Å². The largest absolute Gasteiger partial charge is 0.493 e. The number of hydrogen-bond donors (Lipinski definition) is 1. The molecule has 0 aromatic heterocycles. The van der Waals surface area contributed by atoms with Crippen molar-refractivity contribution in [3.8, 4) is 11.5 Å². The van der Waals surface area contributed by atoms with E-state index < -0.39 is 0 Å². The van der Waals surface area contributed by atoms with Crippen LogP contribution >= 0.6 is 27.5 Å². The molecular weight excluding hydrogens is 366 g/mol. The van der Waals surface area contributed by atoms with Crippen LogP contribution in [0.4, 0.5) is 5.69 Å². The second-order valence-electron chi connectivity index (χ2n) is 5.12. The van der Waals surface area contributed by atoms with Crippen LogP contribution in [0.5, 0.6) is 11.5 Å². The molecule has 0 aliphatic rings. The zero-order valence-electron chi connectivity index (χ0n) is 12.8. The van der Waals surface area contributed by atoms with Gasteiger partial charge in [-0.25, -0.2) is 0 Å². The fraction of sp³-hybridized carbons (Fsp3) is 0.294. The van der Waals surface area contributed by atoms with E-state index in [9.17, 15) is 0 Å². The SMILES string of the molecule is COc1cc(CNc2ccc(Cl)cc2)c(Br)cc1OC(C)C. The molecule has 0 unspecified atom stereocenters. The lowest BCUT2D eigenvalue weighted by molar-refractivity contribution is 0.230. The van der Waals surface area contributed by atoms with Crippen molar-refractivity contribution in [3.05, 3.63) is 51.5 Å². The third kappa shape index (κ3) is 4.55. The van der Waals surface area contributed by atoms with Crippen LogP contribution in [0.15, 0.2) is 40.9 Å². The zero-order valence-corrected chi connectivity index (χ0v) is 15.2. The van der Waals surface area contributed by atoms with E-state index in [4.69, 9.17) is 21.1 Å². The van der Waals surface area contributed by atoms with Gasteiger partial charge in [-0.1, -0.05) is 27.5 Å². The molecule has 3 nitrogen and oxygen atoms in total. The van der Waals surface area contributed by atoms with Gasteiger partial charge in [-0.3, -0.25) is 0 Å². The fourth-order valence-corrected chi connectivity index (χ4v) is 2.57. The number of nitrogens with one attached hydrogen (secondary N) is 1. The van der Waals surface area contributed by atoms with Gasteiger partial charge in [0.25, 0.3) is 0 Å². The molecule has 0 saturated heterocycles. The highest BCUT2D eigenvalue weighted by molar-refractivity contribution is 9.10. The number of ether oxygens (including phenoxy) is 2. The summed E-state index contributed by atoms with van der Waals surface area (Å²) in [4.78, 5) is 0. The van der Waals surface area contributed by atoms with Crippen LogP contribution in [0, 0.1) is 0 Å². The predicted octanol–water partition coefficient (Wildman–Crippen LogP) is 5.51. The lowest BCUT2D eigenvalue weighted by Gasteiger charge is -2.16. The summed E-state index contributed by atoms with van der Waals surface area (Å²) in [6.07, 6.45) is 0.0962. The van der Waals surface area contributed by atoms with E-state index in [-0.39, 0.29) is 6.10 Å². The molecule has 5 heteroatoms. The molecule has 118 valence electrons. The molecule has 0 fully saturated rings. The maximum Gasteiger partial charge on any atom is 0.162 e. The van der Waals surface area contributed by atoms with Gasteiger partial charge >= 0.3 is 0 Å². The topological polar surface area (TPSA) is 30.5 Å². The maximum atomic E-state index is 5.89. The van der Waals surface area contributed by atoms with Gasteiger partial charge in [0.2, 0.25) is 0 Å². The molecule has 0 aliphatic carbocycles. The molecule has 0 aliphatic heterocycles. The van der Waals surface area contributed by atoms with Crippen LogP contribution in [-0.2, 0) is 6.54 Å². The first-order valence-electron chi connectivity index (χ1n) is 7.02. The van der Waals surface area contributed by atoms with Gasteiger partial charge < -0.3 is 14.8 Å². The van der Waals surface area contributed by atoms with Crippen LogP contribution in [0.1, 0.15) is 19.4 Å². The van der Waals surface area contributed by atoms with Crippen molar-refractivity contribution in [3.63, 3.8) is 0 Å². The van der Waals surface area contributed by atoms with Crippen molar-refractivity contribution in [1.29, 1.82) is 0 Å². The van der Waals surface area contributed by atoms with Gasteiger partial charge in [0.1, 0.15) is 0 Å². The molecule has 0 amide bonds. The molecule has 2 aromatic rings.